The fourth-order valence-electron chi connectivity index (χ4n) is 3.63. The van der Waals surface area contributed by atoms with E-state index in [1.54, 1.807) is 18.9 Å². The molecule has 2 N–H and O–H groups in total. The molecule has 33 heavy (non-hydrogen) atoms. The first-order chi connectivity index (χ1) is 16.0. The van der Waals surface area contributed by atoms with Crippen LogP contribution in [0.5, 0.6) is 0 Å². The zero-order valence-corrected chi connectivity index (χ0v) is 20.8. The standard InChI is InChI=1S/C16H20N4O.C6H11NO2.C3H8/c1-3-9-20-13(8-10-21-2)19-14-15(20)11-6-4-5-7-12(11)18-16(14)17;1-6(8)7-2-4-9-5-3-7;1-3-2/h4-7H,3,8-10H2,1-2H3,(H2,17,18);2-5H2,1H3;3H2,1-2H3. The topological polar surface area (TPSA) is 95.5 Å². The second-order valence-electron chi connectivity index (χ2n) is 7.96. The number of nitrogens with two attached hydrogens (primary N) is 1. The Labute approximate surface area is 197 Å². The Morgan fingerprint density at radius 1 is 1.15 bits per heavy atom. The maximum absolute atomic E-state index is 10.7. The number of fused-ring (bicyclic) bond motifs is 3. The highest BCUT2D eigenvalue weighted by Crippen LogP contribution is 2.29. The van der Waals surface area contributed by atoms with Gasteiger partial charge in [0.1, 0.15) is 11.3 Å². The molecule has 8 heteroatoms. The van der Waals surface area contributed by atoms with Crippen LogP contribution >= 0.6 is 0 Å². The molecule has 1 amide bonds. The number of anilines is 1. The van der Waals surface area contributed by atoms with E-state index in [1.807, 2.05) is 18.2 Å². The minimum Gasteiger partial charge on any atom is -0.384 e. The van der Waals surface area contributed by atoms with Crippen molar-refractivity contribution in [2.24, 2.45) is 0 Å². The summed E-state index contributed by atoms with van der Waals surface area (Å²) in [7, 11) is 1.71. The maximum Gasteiger partial charge on any atom is 0.219 e. The van der Waals surface area contributed by atoms with Crippen molar-refractivity contribution in [2.45, 2.75) is 53.5 Å². The predicted octanol–water partition coefficient (Wildman–Crippen LogP) is 4.05. The molecule has 0 unspecified atom stereocenters. The van der Waals surface area contributed by atoms with E-state index in [2.05, 4.69) is 36.4 Å². The van der Waals surface area contributed by atoms with Crippen molar-refractivity contribution in [3.05, 3.63) is 30.1 Å². The fraction of sp³-hybridized carbons (Fsp3) is 0.560. The SMILES string of the molecule is CC(=O)N1CCOCC1.CCC.CCCn1c(CCOC)nc2c(N)nc3ccccc3c21. The molecule has 0 aliphatic carbocycles. The Morgan fingerprint density at radius 2 is 1.82 bits per heavy atom. The van der Waals surface area contributed by atoms with E-state index in [9.17, 15) is 4.79 Å². The van der Waals surface area contributed by atoms with Crippen LogP contribution in [0.2, 0.25) is 0 Å². The van der Waals surface area contributed by atoms with Gasteiger partial charge in [0.15, 0.2) is 5.82 Å². The molecular weight excluding hydrogens is 418 g/mol. The van der Waals surface area contributed by atoms with Gasteiger partial charge in [0.05, 0.1) is 30.9 Å². The number of nitrogens with zero attached hydrogens (tertiary/aromatic N) is 4. The zero-order valence-electron chi connectivity index (χ0n) is 20.8. The van der Waals surface area contributed by atoms with Crippen LogP contribution in [0.1, 0.15) is 46.4 Å². The number of methoxy groups -OCH3 is 1. The quantitative estimate of drug-likeness (QED) is 0.621. The number of hydrogen-bond donors (Lipinski definition) is 1. The van der Waals surface area contributed by atoms with Crippen LogP contribution < -0.4 is 5.73 Å². The molecule has 1 aliphatic rings. The summed E-state index contributed by atoms with van der Waals surface area (Å²) in [5, 5.41) is 1.10. The number of carbonyl (C=O) groups excluding carboxylic acids is 1. The van der Waals surface area contributed by atoms with Crippen LogP contribution in [0.25, 0.3) is 21.9 Å². The number of pyridine rings is 1. The first kappa shape index (κ1) is 26.5. The first-order valence-corrected chi connectivity index (χ1v) is 11.8. The minimum atomic E-state index is 0.151. The van der Waals surface area contributed by atoms with Gasteiger partial charge in [-0.25, -0.2) is 9.97 Å². The Bertz CT molecular complexity index is 1010. The number of carbonyl (C=O) groups is 1. The molecule has 1 fully saturated rings. The van der Waals surface area contributed by atoms with Crippen LogP contribution in [0.15, 0.2) is 24.3 Å². The smallest absolute Gasteiger partial charge is 0.219 e. The lowest BCUT2D eigenvalue weighted by Crippen LogP contribution is -2.39. The van der Waals surface area contributed by atoms with Gasteiger partial charge < -0.3 is 24.7 Å². The van der Waals surface area contributed by atoms with Crippen LogP contribution in [0, 0.1) is 0 Å². The van der Waals surface area contributed by atoms with Crippen LogP contribution in [-0.2, 0) is 27.2 Å². The summed E-state index contributed by atoms with van der Waals surface area (Å²) in [6, 6.07) is 8.08. The van der Waals surface area contributed by atoms with Crippen LogP contribution in [0.3, 0.4) is 0 Å². The van der Waals surface area contributed by atoms with Crippen LogP contribution in [0.4, 0.5) is 5.82 Å². The highest BCUT2D eigenvalue weighted by molar-refractivity contribution is 6.06. The molecule has 1 saturated heterocycles. The molecule has 1 aliphatic heterocycles. The van der Waals surface area contributed by atoms with Gasteiger partial charge in [-0.15, -0.1) is 0 Å². The summed E-state index contributed by atoms with van der Waals surface area (Å²) in [6.45, 7) is 12.5. The Morgan fingerprint density at radius 3 is 2.39 bits per heavy atom. The summed E-state index contributed by atoms with van der Waals surface area (Å²) in [5.41, 5.74) is 8.91. The fourth-order valence-corrected chi connectivity index (χ4v) is 3.63. The van der Waals surface area contributed by atoms with Gasteiger partial charge in [0, 0.05) is 45.5 Å². The molecule has 182 valence electrons. The van der Waals surface area contributed by atoms with Crippen molar-refractivity contribution in [1.29, 1.82) is 0 Å². The first-order valence-electron chi connectivity index (χ1n) is 11.8. The lowest BCUT2D eigenvalue weighted by molar-refractivity contribution is -0.132. The molecule has 0 radical (unpaired) electrons. The average molecular weight is 458 g/mol. The van der Waals surface area contributed by atoms with Crippen molar-refractivity contribution in [3.8, 4) is 0 Å². The Balaban J connectivity index is 0.000000267. The van der Waals surface area contributed by atoms with Gasteiger partial charge in [-0.3, -0.25) is 4.79 Å². The molecule has 0 spiro atoms. The summed E-state index contributed by atoms with van der Waals surface area (Å²) >= 11 is 0. The molecule has 0 bridgehead atoms. The normalized spacial score (nSPS) is 13.3. The number of imidazole rings is 1. The van der Waals surface area contributed by atoms with E-state index >= 15 is 0 Å². The summed E-state index contributed by atoms with van der Waals surface area (Å²) in [6.07, 6.45) is 3.07. The summed E-state index contributed by atoms with van der Waals surface area (Å²) in [5.74, 6) is 1.66. The number of nitrogen functional groups attached to an aromatic ring is 1. The molecule has 0 saturated carbocycles. The average Bonchev–Trinajstić information content (AvgIpc) is 3.19. The molecule has 3 heterocycles. The van der Waals surface area contributed by atoms with E-state index in [-0.39, 0.29) is 5.91 Å². The number of hydrogen-bond acceptors (Lipinski definition) is 6. The van der Waals surface area contributed by atoms with Crippen molar-refractivity contribution in [2.75, 3.05) is 45.8 Å². The third-order valence-corrected chi connectivity index (χ3v) is 5.12. The van der Waals surface area contributed by atoms with Gasteiger partial charge in [0.25, 0.3) is 0 Å². The number of rotatable bonds is 5. The number of ether oxygens (including phenoxy) is 2. The molecule has 4 rings (SSSR count). The maximum atomic E-state index is 10.7. The Kier molecular flexibility index (Phi) is 11.1. The third kappa shape index (κ3) is 7.14. The van der Waals surface area contributed by atoms with E-state index in [4.69, 9.17) is 20.2 Å². The van der Waals surface area contributed by atoms with Gasteiger partial charge >= 0.3 is 0 Å². The monoisotopic (exact) mass is 457 g/mol. The number of benzene rings is 1. The van der Waals surface area contributed by atoms with Gasteiger partial charge in [-0.05, 0) is 12.5 Å². The molecule has 8 nitrogen and oxygen atoms in total. The predicted molar refractivity (Wildman–Crippen MR) is 134 cm³/mol. The Hall–Kier alpha value is -2.71. The summed E-state index contributed by atoms with van der Waals surface area (Å²) < 4.78 is 12.5. The number of morpholine rings is 1. The molecule has 0 atom stereocenters. The third-order valence-electron chi connectivity index (χ3n) is 5.12. The second-order valence-corrected chi connectivity index (χ2v) is 7.96. The van der Waals surface area contributed by atoms with Gasteiger partial charge in [0.2, 0.25) is 5.91 Å². The molecular formula is C25H39N5O3. The largest absolute Gasteiger partial charge is 0.384 e. The highest BCUT2D eigenvalue weighted by atomic mass is 16.5. The summed E-state index contributed by atoms with van der Waals surface area (Å²) in [4.78, 5) is 21.6. The van der Waals surface area contributed by atoms with Crippen molar-refractivity contribution in [1.82, 2.24) is 19.4 Å². The van der Waals surface area contributed by atoms with Gasteiger partial charge in [-0.1, -0.05) is 45.4 Å². The van der Waals surface area contributed by atoms with E-state index in [0.29, 0.717) is 25.6 Å². The lowest BCUT2D eigenvalue weighted by atomic mass is 10.2. The number of amides is 1. The molecule has 3 aromatic rings. The van der Waals surface area contributed by atoms with Crippen LogP contribution in [-0.4, -0.2) is 65.4 Å². The second kappa shape index (κ2) is 13.7. The lowest BCUT2D eigenvalue weighted by Gasteiger charge is -2.25. The van der Waals surface area contributed by atoms with E-state index in [0.717, 1.165) is 60.2 Å². The number of para-hydroxylation sites is 1. The van der Waals surface area contributed by atoms with E-state index < -0.39 is 0 Å². The minimum absolute atomic E-state index is 0.151. The van der Waals surface area contributed by atoms with Crippen molar-refractivity contribution < 1.29 is 14.3 Å². The van der Waals surface area contributed by atoms with Crippen molar-refractivity contribution in [3.63, 3.8) is 0 Å². The number of aryl methyl sites for hydroxylation is 1. The highest BCUT2D eigenvalue weighted by Gasteiger charge is 2.16. The van der Waals surface area contributed by atoms with E-state index in [1.165, 1.54) is 6.42 Å². The number of aromatic nitrogens is 3. The van der Waals surface area contributed by atoms with Gasteiger partial charge in [-0.2, -0.15) is 0 Å². The molecule has 2 aromatic heterocycles. The molecule has 1 aromatic carbocycles. The zero-order chi connectivity index (χ0) is 24.2. The van der Waals surface area contributed by atoms with Crippen molar-refractivity contribution >= 4 is 33.7 Å².